The highest BCUT2D eigenvalue weighted by Gasteiger charge is 2.60. The molecule has 2 aliphatic heterocycles. The largest absolute Gasteiger partial charge is 0.394 e. The number of piperidine rings is 1. The van der Waals surface area contributed by atoms with Gasteiger partial charge in [0.1, 0.15) is 30.2 Å². The van der Waals surface area contributed by atoms with Crippen LogP contribution in [-0.4, -0.2) is 94.9 Å². The summed E-state index contributed by atoms with van der Waals surface area (Å²) in [6.07, 6.45) is 0.785. The Morgan fingerprint density at radius 1 is 0.932 bits per heavy atom. The summed E-state index contributed by atoms with van der Waals surface area (Å²) in [5.41, 5.74) is 2.87. The summed E-state index contributed by atoms with van der Waals surface area (Å²) in [6.45, 7) is 16.4. The summed E-state index contributed by atoms with van der Waals surface area (Å²) in [6, 6.07) is 0. The number of ether oxygens (including phenoxy) is 3. The van der Waals surface area contributed by atoms with E-state index in [4.69, 9.17) is 14.2 Å². The predicted molar refractivity (Wildman–Crippen MR) is 169 cm³/mol. The molecule has 0 aromatic carbocycles. The van der Waals surface area contributed by atoms with Crippen molar-refractivity contribution in [3.8, 4) is 0 Å². The van der Waals surface area contributed by atoms with Crippen LogP contribution in [0.2, 0.25) is 0 Å². The van der Waals surface area contributed by atoms with Crippen molar-refractivity contribution in [1.29, 1.82) is 0 Å². The Kier molecular flexibility index (Phi) is 12.5. The van der Waals surface area contributed by atoms with Gasteiger partial charge in [0.2, 0.25) is 0 Å². The van der Waals surface area contributed by atoms with Crippen LogP contribution in [0.3, 0.4) is 0 Å². The molecule has 0 aromatic heterocycles. The van der Waals surface area contributed by atoms with Crippen LogP contribution in [-0.2, 0) is 19.0 Å². The minimum Gasteiger partial charge on any atom is -0.394 e. The molecular weight excluding hydrogens is 562 g/mol. The lowest BCUT2D eigenvalue weighted by Gasteiger charge is -2.53. The van der Waals surface area contributed by atoms with Gasteiger partial charge in [-0.3, -0.25) is 4.79 Å². The van der Waals surface area contributed by atoms with Crippen LogP contribution in [0.4, 0.5) is 0 Å². The zero-order valence-corrected chi connectivity index (χ0v) is 28.2. The zero-order chi connectivity index (χ0) is 32.3. The molecule has 6 aliphatic rings. The standard InChI is InChI=1S/C31H49NO8.2C2H6/c1-15-8-18(13-32-12-15)38-25-5-4-19-20(16(25)2)10-22-21(19)11-24(34)23-9-17(6-7-31(22,23)3)39-30-29(37)28(36)27(35)26(14-33)40-30;2*1-2/h15,17-19,21-23,25-30,32-33,35-37H,4-14H2,1-3H3;2*1-2H3. The topological polar surface area (TPSA) is 138 Å². The Hall–Kier alpha value is -0.910. The minimum atomic E-state index is -1.47. The molecule has 9 nitrogen and oxygen atoms in total. The van der Waals surface area contributed by atoms with Crippen molar-refractivity contribution in [2.75, 3.05) is 19.7 Å². The third-order valence-corrected chi connectivity index (χ3v) is 11.7. The maximum Gasteiger partial charge on any atom is 0.186 e. The molecule has 14 atom stereocenters. The third-order valence-electron chi connectivity index (χ3n) is 11.7. The molecule has 4 aliphatic carbocycles. The average Bonchev–Trinajstić information content (AvgIpc) is 3.41. The maximum absolute atomic E-state index is 13.7. The Morgan fingerprint density at radius 3 is 2.34 bits per heavy atom. The average molecular weight is 624 g/mol. The van der Waals surface area contributed by atoms with Gasteiger partial charge in [-0.25, -0.2) is 0 Å². The highest BCUT2D eigenvalue weighted by Crippen LogP contribution is 2.64. The minimum absolute atomic E-state index is 0.0983. The summed E-state index contributed by atoms with van der Waals surface area (Å²) in [5.74, 6) is 2.20. The predicted octanol–water partition coefficient (Wildman–Crippen LogP) is 3.75. The highest BCUT2D eigenvalue weighted by molar-refractivity contribution is 5.83. The molecule has 2 saturated heterocycles. The molecule has 5 fully saturated rings. The van der Waals surface area contributed by atoms with Gasteiger partial charge in [0.15, 0.2) is 6.29 Å². The van der Waals surface area contributed by atoms with Crippen molar-refractivity contribution in [3.63, 3.8) is 0 Å². The molecule has 0 amide bonds. The first kappa shape index (κ1) is 35.9. The van der Waals surface area contributed by atoms with Gasteiger partial charge in [-0.2, -0.15) is 0 Å². The van der Waals surface area contributed by atoms with Crippen LogP contribution in [0.5, 0.6) is 0 Å². The SMILES string of the molecule is CC.CC.CC1=C2CC3C(CC(=O)C4CC(OC5OC(CO)C(O)C(O)C5O)CCC43C)C2CCC1OC1CNCC(C)C1. The van der Waals surface area contributed by atoms with E-state index < -0.39 is 37.3 Å². The first-order chi connectivity index (χ1) is 21.1. The normalized spacial score (nSPS) is 46.9. The van der Waals surface area contributed by atoms with Gasteiger partial charge in [0.05, 0.1) is 24.9 Å². The molecule has 0 aromatic rings. The van der Waals surface area contributed by atoms with Gasteiger partial charge in [-0.15, -0.1) is 0 Å². The molecule has 9 heteroatoms. The van der Waals surface area contributed by atoms with E-state index in [9.17, 15) is 25.2 Å². The number of aliphatic hydroxyl groups is 4. The van der Waals surface area contributed by atoms with Crippen molar-refractivity contribution in [2.45, 2.75) is 149 Å². The molecule has 6 rings (SSSR count). The number of carbonyl (C=O) groups is 1. The molecule has 0 radical (unpaired) electrons. The fourth-order valence-corrected chi connectivity index (χ4v) is 9.40. The van der Waals surface area contributed by atoms with Gasteiger partial charge in [-0.1, -0.05) is 47.1 Å². The van der Waals surface area contributed by atoms with Crippen molar-refractivity contribution in [1.82, 2.24) is 5.32 Å². The van der Waals surface area contributed by atoms with Crippen LogP contribution in [0.1, 0.15) is 99.8 Å². The van der Waals surface area contributed by atoms with Crippen LogP contribution in [0.15, 0.2) is 11.1 Å². The number of carbonyl (C=O) groups excluding carboxylic acids is 1. The van der Waals surface area contributed by atoms with Gasteiger partial charge in [0, 0.05) is 18.9 Å². The van der Waals surface area contributed by atoms with E-state index in [1.54, 1.807) is 5.57 Å². The van der Waals surface area contributed by atoms with Gasteiger partial charge >= 0.3 is 0 Å². The number of aliphatic hydroxyl groups excluding tert-OH is 4. The van der Waals surface area contributed by atoms with Crippen molar-refractivity contribution in [2.24, 2.45) is 35.0 Å². The van der Waals surface area contributed by atoms with Crippen LogP contribution < -0.4 is 5.32 Å². The second-order valence-corrected chi connectivity index (χ2v) is 14.1. The summed E-state index contributed by atoms with van der Waals surface area (Å²) in [7, 11) is 0. The number of nitrogens with one attached hydrogen (secondary N) is 1. The Bertz CT molecular complexity index is 988. The first-order valence-corrected chi connectivity index (χ1v) is 17.6. The van der Waals surface area contributed by atoms with Crippen molar-refractivity contribution < 1.29 is 39.4 Å². The monoisotopic (exact) mass is 623 g/mol. The Morgan fingerprint density at radius 2 is 1.66 bits per heavy atom. The number of rotatable bonds is 5. The molecule has 254 valence electrons. The number of hydrogen-bond donors (Lipinski definition) is 5. The van der Waals surface area contributed by atoms with Crippen LogP contribution >= 0.6 is 0 Å². The lowest BCUT2D eigenvalue weighted by Crippen LogP contribution is -2.60. The second kappa shape index (κ2) is 15.3. The van der Waals surface area contributed by atoms with Gasteiger partial charge in [-0.05, 0) is 93.1 Å². The number of allylic oxidation sites excluding steroid dienone is 1. The molecule has 2 heterocycles. The smallest absolute Gasteiger partial charge is 0.186 e. The summed E-state index contributed by atoms with van der Waals surface area (Å²) < 4.78 is 18.4. The molecule has 5 N–H and O–H groups in total. The van der Waals surface area contributed by atoms with Gasteiger partial charge in [0.25, 0.3) is 0 Å². The summed E-state index contributed by atoms with van der Waals surface area (Å²) in [4.78, 5) is 13.7. The van der Waals surface area contributed by atoms with E-state index in [-0.39, 0.29) is 29.6 Å². The van der Waals surface area contributed by atoms with E-state index in [2.05, 4.69) is 26.1 Å². The van der Waals surface area contributed by atoms with E-state index >= 15 is 0 Å². The van der Waals surface area contributed by atoms with Crippen LogP contribution in [0, 0.1) is 35.0 Å². The first-order valence-electron chi connectivity index (χ1n) is 17.6. The fraction of sp³-hybridized carbons (Fsp3) is 0.914. The number of ketones is 1. The molecule has 3 saturated carbocycles. The molecule has 0 bridgehead atoms. The molecular formula is C35H61NO8. The number of hydrogen-bond acceptors (Lipinski definition) is 9. The zero-order valence-electron chi connectivity index (χ0n) is 28.2. The van der Waals surface area contributed by atoms with E-state index in [1.807, 2.05) is 27.7 Å². The van der Waals surface area contributed by atoms with E-state index in [1.165, 1.54) is 5.57 Å². The summed E-state index contributed by atoms with van der Waals surface area (Å²) in [5, 5.41) is 43.8. The molecule has 14 unspecified atom stereocenters. The summed E-state index contributed by atoms with van der Waals surface area (Å²) >= 11 is 0. The fourth-order valence-electron chi connectivity index (χ4n) is 9.40. The number of Topliss-reactive ketones (excluding diaryl/α,β-unsaturated/α-hetero) is 1. The van der Waals surface area contributed by atoms with Crippen LogP contribution in [0.25, 0.3) is 0 Å². The molecule has 44 heavy (non-hydrogen) atoms. The Balaban J connectivity index is 0.00000106. The maximum atomic E-state index is 13.7. The van der Waals surface area contributed by atoms with Crippen molar-refractivity contribution in [3.05, 3.63) is 11.1 Å². The quantitative estimate of drug-likeness (QED) is 0.229. The third kappa shape index (κ3) is 6.86. The Labute approximate surface area is 265 Å². The van der Waals surface area contributed by atoms with E-state index in [0.717, 1.165) is 51.6 Å². The van der Waals surface area contributed by atoms with Crippen molar-refractivity contribution >= 4 is 5.78 Å². The lowest BCUT2D eigenvalue weighted by molar-refractivity contribution is -0.315. The number of fused-ring (bicyclic) bond motifs is 5. The second-order valence-electron chi connectivity index (χ2n) is 14.1. The van der Waals surface area contributed by atoms with E-state index in [0.29, 0.717) is 42.3 Å². The lowest BCUT2D eigenvalue weighted by atomic mass is 9.51. The molecule has 0 spiro atoms. The highest BCUT2D eigenvalue weighted by atomic mass is 16.7. The van der Waals surface area contributed by atoms with Gasteiger partial charge < -0.3 is 40.0 Å².